The highest BCUT2D eigenvalue weighted by Crippen LogP contribution is 2.41. The molecule has 170 valence electrons. The molecule has 2 rings (SSSR count). The van der Waals surface area contributed by atoms with E-state index in [1.165, 1.54) is 37.4 Å². The first-order valence-corrected chi connectivity index (χ1v) is 9.91. The van der Waals surface area contributed by atoms with Crippen molar-refractivity contribution in [2.75, 3.05) is 12.1 Å². The maximum Gasteiger partial charge on any atom is 0.417 e. The number of carbonyl (C=O) groups excluding carboxylic acids is 1. The Morgan fingerprint density at radius 2 is 1.87 bits per heavy atom. The van der Waals surface area contributed by atoms with Crippen molar-refractivity contribution in [3.63, 3.8) is 0 Å². The molecule has 0 aromatic heterocycles. The summed E-state index contributed by atoms with van der Waals surface area (Å²) in [5, 5.41) is 1.28. The predicted molar refractivity (Wildman–Crippen MR) is 107 cm³/mol. The number of amides is 2. The van der Waals surface area contributed by atoms with Crippen molar-refractivity contribution in [3.05, 3.63) is 53.1 Å². The van der Waals surface area contributed by atoms with Crippen molar-refractivity contribution < 1.29 is 31.5 Å². The van der Waals surface area contributed by atoms with Gasteiger partial charge < -0.3 is 4.74 Å². The topological polar surface area (TPSA) is 84.8 Å². The minimum atomic E-state index is -4.60. The number of anilines is 1. The Hall–Kier alpha value is -2.57. The van der Waals surface area contributed by atoms with E-state index in [9.17, 15) is 26.7 Å². The van der Waals surface area contributed by atoms with Crippen molar-refractivity contribution in [2.24, 2.45) is 11.7 Å². The number of nitrogens with zero attached hydrogens (tertiary/aromatic N) is 2. The standard InChI is InChI=1S/C19H21F5N4O2S/c1-3-11-7-8-13(19(22,23)24)16(9-11)31-10-12-14(28(26)18(29)27(2)25)5-4-6-15(12)30-17(20)21/h4-9,17H,3,10,25-26H2,1-2H3. The number of hydrazine groups is 2. The van der Waals surface area contributed by atoms with Crippen LogP contribution in [0.15, 0.2) is 41.3 Å². The van der Waals surface area contributed by atoms with Crippen LogP contribution in [0.4, 0.5) is 32.4 Å². The number of aryl methyl sites for hydroxylation is 1. The van der Waals surface area contributed by atoms with Crippen LogP contribution in [0.5, 0.6) is 5.75 Å². The molecule has 0 atom stereocenters. The third-order valence-electron chi connectivity index (χ3n) is 4.22. The number of rotatable bonds is 7. The molecule has 6 nitrogen and oxygen atoms in total. The number of carbonyl (C=O) groups is 1. The fourth-order valence-electron chi connectivity index (χ4n) is 2.69. The number of hydrogen-bond donors (Lipinski definition) is 2. The summed E-state index contributed by atoms with van der Waals surface area (Å²) in [6, 6.07) is 6.76. The maximum atomic E-state index is 13.4. The summed E-state index contributed by atoms with van der Waals surface area (Å²) in [7, 11) is 1.22. The van der Waals surface area contributed by atoms with E-state index >= 15 is 0 Å². The predicted octanol–water partition coefficient (Wildman–Crippen LogP) is 4.77. The Morgan fingerprint density at radius 3 is 2.42 bits per heavy atom. The molecule has 0 saturated heterocycles. The Bertz CT molecular complexity index is 925. The molecule has 0 aliphatic carbocycles. The number of alkyl halides is 5. The zero-order chi connectivity index (χ0) is 23.3. The number of benzene rings is 2. The van der Waals surface area contributed by atoms with Crippen molar-refractivity contribution in [1.82, 2.24) is 5.01 Å². The summed E-state index contributed by atoms with van der Waals surface area (Å²) >= 11 is 0.766. The highest BCUT2D eigenvalue weighted by Gasteiger charge is 2.34. The second-order valence-corrected chi connectivity index (χ2v) is 7.38. The lowest BCUT2D eigenvalue weighted by molar-refractivity contribution is -0.139. The number of halogens is 5. The summed E-state index contributed by atoms with van der Waals surface area (Å²) in [4.78, 5) is 12.0. The quantitative estimate of drug-likeness (QED) is 0.203. The molecule has 0 aliphatic heterocycles. The van der Waals surface area contributed by atoms with Gasteiger partial charge in [0.2, 0.25) is 0 Å². The minimum Gasteiger partial charge on any atom is -0.434 e. The minimum absolute atomic E-state index is 0.0144. The van der Waals surface area contributed by atoms with E-state index in [0.29, 0.717) is 22.0 Å². The van der Waals surface area contributed by atoms with E-state index in [4.69, 9.17) is 11.7 Å². The lowest BCUT2D eigenvalue weighted by Crippen LogP contribution is -2.48. The zero-order valence-corrected chi connectivity index (χ0v) is 17.4. The summed E-state index contributed by atoms with van der Waals surface area (Å²) < 4.78 is 70.6. The van der Waals surface area contributed by atoms with Crippen molar-refractivity contribution >= 4 is 23.5 Å². The Balaban J connectivity index is 2.49. The van der Waals surface area contributed by atoms with E-state index in [1.54, 1.807) is 6.92 Å². The number of thioether (sulfide) groups is 1. The first kappa shape index (κ1) is 24.7. The first-order valence-electron chi connectivity index (χ1n) is 8.92. The Kier molecular flexibility index (Phi) is 8.09. The van der Waals surface area contributed by atoms with Crippen LogP contribution >= 0.6 is 11.8 Å². The molecule has 0 spiro atoms. The Morgan fingerprint density at radius 1 is 1.19 bits per heavy atom. The summed E-state index contributed by atoms with van der Waals surface area (Å²) in [6.07, 6.45) is -4.09. The van der Waals surface area contributed by atoms with Crippen molar-refractivity contribution in [2.45, 2.75) is 36.8 Å². The number of nitrogens with two attached hydrogens (primary N) is 2. The van der Waals surface area contributed by atoms with E-state index in [1.807, 2.05) is 0 Å². The lowest BCUT2D eigenvalue weighted by atomic mass is 10.1. The van der Waals surface area contributed by atoms with Crippen LogP contribution in [0.2, 0.25) is 0 Å². The summed E-state index contributed by atoms with van der Waals surface area (Å²) in [5.41, 5.74) is -0.201. The fourth-order valence-corrected chi connectivity index (χ4v) is 3.86. The van der Waals surface area contributed by atoms with Gasteiger partial charge in [-0.2, -0.15) is 22.0 Å². The molecule has 0 heterocycles. The molecule has 0 radical (unpaired) electrons. The average Bonchev–Trinajstić information content (AvgIpc) is 2.70. The SMILES string of the molecule is CCc1ccc(C(F)(F)F)c(SCc2c(OC(F)F)cccc2N(N)C(=O)N(C)N)c1. The normalized spacial score (nSPS) is 11.5. The number of hydrogen-bond acceptors (Lipinski definition) is 5. The van der Waals surface area contributed by atoms with Crippen molar-refractivity contribution in [3.8, 4) is 5.75 Å². The monoisotopic (exact) mass is 464 g/mol. The van der Waals surface area contributed by atoms with E-state index in [2.05, 4.69) is 4.74 Å². The van der Waals surface area contributed by atoms with Gasteiger partial charge in [-0.1, -0.05) is 19.1 Å². The van der Waals surface area contributed by atoms with E-state index in [-0.39, 0.29) is 27.6 Å². The fraction of sp³-hybridized carbons (Fsp3) is 0.316. The van der Waals surface area contributed by atoms with Gasteiger partial charge in [-0.25, -0.2) is 21.5 Å². The van der Waals surface area contributed by atoms with Gasteiger partial charge in [-0.15, -0.1) is 11.8 Å². The van der Waals surface area contributed by atoms with Crippen LogP contribution in [-0.2, 0) is 18.3 Å². The molecule has 2 aromatic carbocycles. The molecule has 12 heteroatoms. The van der Waals surface area contributed by atoms with Gasteiger partial charge >= 0.3 is 18.8 Å². The van der Waals surface area contributed by atoms with Gasteiger partial charge in [0.05, 0.1) is 11.3 Å². The molecular formula is C19H21F5N4O2S. The second-order valence-electron chi connectivity index (χ2n) is 6.37. The van der Waals surface area contributed by atoms with Crippen molar-refractivity contribution in [1.29, 1.82) is 0 Å². The molecule has 0 fully saturated rings. The van der Waals surface area contributed by atoms with Crippen LogP contribution in [-0.4, -0.2) is 24.7 Å². The average molecular weight is 464 g/mol. The molecule has 2 aromatic rings. The largest absolute Gasteiger partial charge is 0.434 e. The summed E-state index contributed by atoms with van der Waals surface area (Å²) in [5.74, 6) is 10.6. The zero-order valence-electron chi connectivity index (χ0n) is 16.6. The number of urea groups is 1. The van der Waals surface area contributed by atoms with Gasteiger partial charge in [0, 0.05) is 23.3 Å². The molecule has 2 amide bonds. The van der Waals surface area contributed by atoms with Gasteiger partial charge in [0.1, 0.15) is 5.75 Å². The molecule has 0 saturated carbocycles. The molecule has 0 aliphatic rings. The third-order valence-corrected chi connectivity index (χ3v) is 5.31. The number of ether oxygens (including phenoxy) is 1. The molecule has 0 bridgehead atoms. The Labute approximate surface area is 179 Å². The molecule has 4 N–H and O–H groups in total. The smallest absolute Gasteiger partial charge is 0.417 e. The van der Waals surface area contributed by atoms with Crippen LogP contribution in [0, 0.1) is 0 Å². The van der Waals surface area contributed by atoms with Gasteiger partial charge in [0.15, 0.2) is 0 Å². The molecule has 0 unspecified atom stereocenters. The summed E-state index contributed by atoms with van der Waals surface area (Å²) in [6.45, 7) is -1.39. The molecule has 31 heavy (non-hydrogen) atoms. The highest BCUT2D eigenvalue weighted by atomic mass is 32.2. The van der Waals surface area contributed by atoms with E-state index in [0.717, 1.165) is 17.8 Å². The van der Waals surface area contributed by atoms with Crippen LogP contribution in [0.3, 0.4) is 0 Å². The molecular weight excluding hydrogens is 443 g/mol. The van der Waals surface area contributed by atoms with E-state index < -0.39 is 24.4 Å². The van der Waals surface area contributed by atoms with Gasteiger partial charge in [-0.05, 0) is 36.2 Å². The van der Waals surface area contributed by atoms with Crippen LogP contribution < -0.4 is 21.4 Å². The third kappa shape index (κ3) is 6.21. The first-order chi connectivity index (χ1) is 14.5. The van der Waals surface area contributed by atoms with Gasteiger partial charge in [-0.3, -0.25) is 5.01 Å². The highest BCUT2D eigenvalue weighted by molar-refractivity contribution is 7.98. The second kappa shape index (κ2) is 10.2. The van der Waals surface area contributed by atoms with Crippen LogP contribution in [0.1, 0.15) is 23.6 Å². The van der Waals surface area contributed by atoms with Gasteiger partial charge in [0.25, 0.3) is 0 Å². The van der Waals surface area contributed by atoms with Crippen LogP contribution in [0.25, 0.3) is 0 Å². The maximum absolute atomic E-state index is 13.4. The lowest BCUT2D eigenvalue weighted by Gasteiger charge is -2.24.